The number of nitriles is 1. The summed E-state index contributed by atoms with van der Waals surface area (Å²) in [6, 6.07) is 2.01. The summed E-state index contributed by atoms with van der Waals surface area (Å²) in [7, 11) is 0. The van der Waals surface area contributed by atoms with E-state index in [0.717, 1.165) is 25.6 Å². The van der Waals surface area contributed by atoms with Crippen LogP contribution in [0.3, 0.4) is 0 Å². The van der Waals surface area contributed by atoms with Crippen LogP contribution in [0.5, 0.6) is 0 Å². The van der Waals surface area contributed by atoms with E-state index in [9.17, 15) is 4.79 Å². The van der Waals surface area contributed by atoms with Crippen molar-refractivity contribution < 1.29 is 4.79 Å². The molecule has 0 spiro atoms. The Bertz CT molecular complexity index is 306. The summed E-state index contributed by atoms with van der Waals surface area (Å²) in [4.78, 5) is 14.0. The zero-order valence-corrected chi connectivity index (χ0v) is 11.1. The second kappa shape index (κ2) is 6.02. The van der Waals surface area contributed by atoms with Crippen molar-refractivity contribution >= 4 is 5.91 Å². The Morgan fingerprint density at radius 2 is 2.29 bits per heavy atom. The van der Waals surface area contributed by atoms with Gasteiger partial charge in [-0.15, -0.1) is 0 Å². The molecule has 0 radical (unpaired) electrons. The Kier molecular flexibility index (Phi) is 4.95. The van der Waals surface area contributed by atoms with Gasteiger partial charge in [-0.1, -0.05) is 6.92 Å². The molecule has 1 rings (SSSR count). The molecule has 1 unspecified atom stereocenters. The smallest absolute Gasteiger partial charge is 0.239 e. The predicted molar refractivity (Wildman–Crippen MR) is 67.2 cm³/mol. The van der Waals surface area contributed by atoms with Crippen molar-refractivity contribution in [3.8, 4) is 6.07 Å². The fraction of sp³-hybridized carbons (Fsp3) is 0.846. The van der Waals surface area contributed by atoms with E-state index in [4.69, 9.17) is 5.26 Å². The number of piperidine rings is 1. The molecule has 1 atom stereocenters. The highest BCUT2D eigenvalue weighted by Crippen LogP contribution is 2.15. The SMILES string of the molecule is CC1CCCN(CCNC(=O)C(C)(C)C#N)C1. The molecule has 0 aromatic rings. The molecule has 17 heavy (non-hydrogen) atoms. The van der Waals surface area contributed by atoms with Crippen LogP contribution < -0.4 is 5.32 Å². The normalized spacial score (nSPS) is 21.9. The van der Waals surface area contributed by atoms with Gasteiger partial charge in [0.05, 0.1) is 6.07 Å². The lowest BCUT2D eigenvalue weighted by Gasteiger charge is -2.31. The molecule has 1 N–H and O–H groups in total. The molecule has 0 aromatic carbocycles. The molecule has 4 nitrogen and oxygen atoms in total. The first-order valence-electron chi connectivity index (χ1n) is 6.37. The highest BCUT2D eigenvalue weighted by atomic mass is 16.2. The molecule has 0 bridgehead atoms. The van der Waals surface area contributed by atoms with Gasteiger partial charge in [-0.3, -0.25) is 4.79 Å². The minimum absolute atomic E-state index is 0.176. The van der Waals surface area contributed by atoms with Gasteiger partial charge in [0.25, 0.3) is 0 Å². The van der Waals surface area contributed by atoms with E-state index in [1.807, 2.05) is 6.07 Å². The second-order valence-corrected chi connectivity index (χ2v) is 5.54. The Labute approximate surface area is 104 Å². The van der Waals surface area contributed by atoms with Crippen LogP contribution in [0.15, 0.2) is 0 Å². The van der Waals surface area contributed by atoms with Crippen molar-refractivity contribution in [1.82, 2.24) is 10.2 Å². The molecule has 1 aliphatic heterocycles. The standard InChI is InChI=1S/C13H23N3O/c1-11-5-4-7-16(9-11)8-6-15-12(17)13(2,3)10-14/h11H,4-9H2,1-3H3,(H,15,17). The number of hydrogen-bond donors (Lipinski definition) is 1. The van der Waals surface area contributed by atoms with Crippen molar-refractivity contribution in [3.05, 3.63) is 0 Å². The molecule has 0 aromatic heterocycles. The molecule has 1 heterocycles. The molecule has 1 amide bonds. The summed E-state index contributed by atoms with van der Waals surface area (Å²) in [6.07, 6.45) is 2.56. The Morgan fingerprint density at radius 3 is 2.88 bits per heavy atom. The molecular weight excluding hydrogens is 214 g/mol. The summed E-state index contributed by atoms with van der Waals surface area (Å²) >= 11 is 0. The lowest BCUT2D eigenvalue weighted by atomic mass is 9.95. The van der Waals surface area contributed by atoms with E-state index in [1.165, 1.54) is 12.8 Å². The van der Waals surface area contributed by atoms with E-state index in [-0.39, 0.29) is 5.91 Å². The molecule has 0 saturated carbocycles. The third kappa shape index (κ3) is 4.35. The number of amides is 1. The van der Waals surface area contributed by atoms with Gasteiger partial charge in [-0.25, -0.2) is 0 Å². The van der Waals surface area contributed by atoms with Gasteiger partial charge < -0.3 is 10.2 Å². The molecule has 4 heteroatoms. The number of likely N-dealkylation sites (tertiary alicyclic amines) is 1. The van der Waals surface area contributed by atoms with Gasteiger partial charge in [0.1, 0.15) is 5.41 Å². The Balaban J connectivity index is 2.24. The van der Waals surface area contributed by atoms with Gasteiger partial charge in [-0.05, 0) is 39.2 Å². The average molecular weight is 237 g/mol. The van der Waals surface area contributed by atoms with Crippen LogP contribution in [0.25, 0.3) is 0 Å². The number of nitrogens with one attached hydrogen (secondary N) is 1. The van der Waals surface area contributed by atoms with Crippen molar-refractivity contribution in [2.24, 2.45) is 11.3 Å². The summed E-state index contributed by atoms with van der Waals surface area (Å²) in [5.74, 6) is 0.583. The largest absolute Gasteiger partial charge is 0.353 e. The average Bonchev–Trinajstić information content (AvgIpc) is 2.29. The van der Waals surface area contributed by atoms with Crippen LogP contribution in [0, 0.1) is 22.7 Å². The maximum absolute atomic E-state index is 11.6. The molecule has 96 valence electrons. The summed E-state index contributed by atoms with van der Waals surface area (Å²) < 4.78 is 0. The van der Waals surface area contributed by atoms with Crippen molar-refractivity contribution in [1.29, 1.82) is 5.26 Å². The van der Waals surface area contributed by atoms with E-state index < -0.39 is 5.41 Å². The zero-order valence-electron chi connectivity index (χ0n) is 11.1. The highest BCUT2D eigenvalue weighted by Gasteiger charge is 2.26. The predicted octanol–water partition coefficient (Wildman–Crippen LogP) is 1.38. The second-order valence-electron chi connectivity index (χ2n) is 5.54. The summed E-state index contributed by atoms with van der Waals surface area (Å²) in [5, 5.41) is 11.7. The molecule has 0 aliphatic carbocycles. The minimum atomic E-state index is -0.921. The number of rotatable bonds is 4. The fourth-order valence-corrected chi connectivity index (χ4v) is 2.09. The first-order valence-corrected chi connectivity index (χ1v) is 6.37. The van der Waals surface area contributed by atoms with Crippen LogP contribution >= 0.6 is 0 Å². The quantitative estimate of drug-likeness (QED) is 0.803. The van der Waals surface area contributed by atoms with E-state index in [2.05, 4.69) is 17.1 Å². The topological polar surface area (TPSA) is 56.1 Å². The third-order valence-electron chi connectivity index (χ3n) is 3.30. The summed E-state index contributed by atoms with van der Waals surface area (Å²) in [6.45, 7) is 9.33. The first-order chi connectivity index (χ1) is 7.95. The fourth-order valence-electron chi connectivity index (χ4n) is 2.09. The molecular formula is C13H23N3O. The first kappa shape index (κ1) is 14.0. The maximum atomic E-state index is 11.6. The monoisotopic (exact) mass is 237 g/mol. The number of carbonyl (C=O) groups excluding carboxylic acids is 1. The van der Waals surface area contributed by atoms with Gasteiger partial charge in [0.2, 0.25) is 5.91 Å². The van der Waals surface area contributed by atoms with E-state index >= 15 is 0 Å². The number of carbonyl (C=O) groups is 1. The molecule has 1 fully saturated rings. The number of nitrogens with zero attached hydrogens (tertiary/aromatic N) is 2. The minimum Gasteiger partial charge on any atom is -0.353 e. The van der Waals surface area contributed by atoms with Crippen molar-refractivity contribution in [2.75, 3.05) is 26.2 Å². The van der Waals surface area contributed by atoms with Gasteiger partial charge in [0.15, 0.2) is 0 Å². The van der Waals surface area contributed by atoms with Gasteiger partial charge in [-0.2, -0.15) is 5.26 Å². The van der Waals surface area contributed by atoms with E-state index in [1.54, 1.807) is 13.8 Å². The third-order valence-corrected chi connectivity index (χ3v) is 3.30. The van der Waals surface area contributed by atoms with Crippen LogP contribution in [0.1, 0.15) is 33.6 Å². The zero-order chi connectivity index (χ0) is 12.9. The molecule has 1 aliphatic rings. The highest BCUT2D eigenvalue weighted by molar-refractivity contribution is 5.84. The van der Waals surface area contributed by atoms with Crippen LogP contribution in [0.4, 0.5) is 0 Å². The van der Waals surface area contributed by atoms with Crippen LogP contribution in [0.2, 0.25) is 0 Å². The molecule has 1 saturated heterocycles. The Morgan fingerprint density at radius 1 is 1.59 bits per heavy atom. The van der Waals surface area contributed by atoms with E-state index in [0.29, 0.717) is 6.54 Å². The van der Waals surface area contributed by atoms with Gasteiger partial charge in [0, 0.05) is 19.6 Å². The van der Waals surface area contributed by atoms with Gasteiger partial charge >= 0.3 is 0 Å². The Hall–Kier alpha value is -1.08. The number of hydrogen-bond acceptors (Lipinski definition) is 3. The van der Waals surface area contributed by atoms with Crippen molar-refractivity contribution in [2.45, 2.75) is 33.6 Å². The lowest BCUT2D eigenvalue weighted by Crippen LogP contribution is -2.43. The lowest BCUT2D eigenvalue weighted by molar-refractivity contribution is -0.126. The van der Waals surface area contributed by atoms with Crippen LogP contribution in [-0.2, 0) is 4.79 Å². The maximum Gasteiger partial charge on any atom is 0.239 e. The van der Waals surface area contributed by atoms with Crippen molar-refractivity contribution in [3.63, 3.8) is 0 Å². The van der Waals surface area contributed by atoms with Crippen LogP contribution in [-0.4, -0.2) is 37.0 Å². The summed E-state index contributed by atoms with van der Waals surface area (Å²) in [5.41, 5.74) is -0.921.